The number of hydrogen-bond acceptors (Lipinski definition) is 9. The van der Waals surface area contributed by atoms with Crippen LogP contribution in [0.15, 0.2) is 16.3 Å². The van der Waals surface area contributed by atoms with Crippen LogP contribution in [0.1, 0.15) is 41.0 Å². The van der Waals surface area contributed by atoms with Gasteiger partial charge in [0, 0.05) is 0 Å². The maximum absolute atomic E-state index is 12.8. The van der Waals surface area contributed by atoms with Crippen molar-refractivity contribution in [2.75, 3.05) is 19.1 Å². The molecule has 2 heterocycles. The number of sulfone groups is 1. The van der Waals surface area contributed by atoms with E-state index < -0.39 is 69.0 Å². The number of aliphatic hydroxyl groups excluding tert-OH is 1. The van der Waals surface area contributed by atoms with Gasteiger partial charge in [-0.15, -0.1) is 0 Å². The molecule has 0 aliphatic carbocycles. The van der Waals surface area contributed by atoms with Crippen molar-refractivity contribution in [3.05, 3.63) is 11.3 Å². The molecule has 11 nitrogen and oxygen atoms in total. The number of β-lactam (4-membered cyclic amide) rings is 1. The summed E-state index contributed by atoms with van der Waals surface area (Å²) in [4.78, 5) is 42.1. The summed E-state index contributed by atoms with van der Waals surface area (Å²) in [5, 5.41) is 9.05. The second-order valence-electron chi connectivity index (χ2n) is 9.06. The van der Waals surface area contributed by atoms with Crippen LogP contribution >= 0.6 is 0 Å². The minimum Gasteiger partial charge on any atom is -0.427 e. The molecule has 2 aliphatic heterocycles. The van der Waals surface area contributed by atoms with Crippen molar-refractivity contribution < 1.29 is 37.4 Å². The highest BCUT2D eigenvalue weighted by Gasteiger charge is 2.57. The summed E-state index contributed by atoms with van der Waals surface area (Å²) in [6.07, 6.45) is 0.169. The zero-order valence-electron chi connectivity index (χ0n) is 18.9. The predicted octanol–water partition coefficient (Wildman–Crippen LogP) is -0.268. The molecule has 0 aromatic heterocycles. The maximum Gasteiger partial charge on any atom is 0.357 e. The summed E-state index contributed by atoms with van der Waals surface area (Å²) in [5.74, 6) is -3.26. The van der Waals surface area contributed by atoms with E-state index >= 15 is 0 Å². The van der Waals surface area contributed by atoms with Crippen LogP contribution in [0.4, 0.5) is 0 Å². The number of nitrogens with zero attached hydrogens (tertiary/aromatic N) is 2. The fraction of sp³-hybridized carbons (Fsp3) is 0.700. The number of rotatable bonds is 9. The quantitative estimate of drug-likeness (QED) is 0.151. The van der Waals surface area contributed by atoms with Crippen LogP contribution in [0.25, 0.3) is 0 Å². The molecule has 1 fully saturated rings. The molecule has 180 valence electrons. The lowest BCUT2D eigenvalue weighted by molar-refractivity contribution is -0.175. The smallest absolute Gasteiger partial charge is 0.357 e. The van der Waals surface area contributed by atoms with Gasteiger partial charge in [-0.2, -0.15) is 0 Å². The second kappa shape index (κ2) is 9.57. The Kier molecular flexibility index (Phi) is 7.71. The molecule has 4 unspecified atom stereocenters. The molecule has 1 saturated heterocycles. The molecule has 2 aliphatic rings. The van der Waals surface area contributed by atoms with Crippen molar-refractivity contribution in [2.45, 2.75) is 58.4 Å². The third-order valence-electron chi connectivity index (χ3n) is 5.46. The highest BCUT2D eigenvalue weighted by molar-refractivity contribution is 7.92. The SMILES string of the molecule is CC(O)C1C(=O)N2C(C(=O)OCOC(=O)C(C)(C)C)=C(CS(=O)(=O)C(C)CN=CN)CC12. The number of carbonyl (C=O) groups excluding carboxylic acids is 3. The number of aliphatic hydroxyl groups is 1. The molecule has 0 spiro atoms. The average Bonchev–Trinajstić information content (AvgIpc) is 2.97. The Balaban J connectivity index is 2.25. The van der Waals surface area contributed by atoms with Gasteiger partial charge in [0.05, 0.1) is 47.4 Å². The molecule has 2 rings (SSSR count). The summed E-state index contributed by atoms with van der Waals surface area (Å²) >= 11 is 0. The van der Waals surface area contributed by atoms with Crippen LogP contribution in [0.3, 0.4) is 0 Å². The van der Waals surface area contributed by atoms with Crippen molar-refractivity contribution in [1.29, 1.82) is 0 Å². The van der Waals surface area contributed by atoms with Crippen LogP contribution in [0.2, 0.25) is 0 Å². The van der Waals surface area contributed by atoms with Gasteiger partial charge < -0.3 is 25.2 Å². The van der Waals surface area contributed by atoms with E-state index in [0.29, 0.717) is 0 Å². The number of hydrogen-bond donors (Lipinski definition) is 2. The largest absolute Gasteiger partial charge is 0.427 e. The van der Waals surface area contributed by atoms with Crippen LogP contribution in [-0.4, -0.2) is 79.1 Å². The first-order chi connectivity index (χ1) is 14.7. The molecule has 12 heteroatoms. The molecular weight excluding hydrogens is 442 g/mol. The van der Waals surface area contributed by atoms with Crippen LogP contribution in [0, 0.1) is 11.3 Å². The third kappa shape index (κ3) is 5.29. The molecule has 32 heavy (non-hydrogen) atoms. The Bertz CT molecular complexity index is 933. The van der Waals surface area contributed by atoms with Crippen LogP contribution in [-0.2, 0) is 33.7 Å². The lowest BCUT2D eigenvalue weighted by atomic mass is 9.83. The van der Waals surface area contributed by atoms with Crippen LogP contribution in [0.5, 0.6) is 0 Å². The number of aliphatic imine (C=N–C) groups is 1. The molecule has 0 saturated carbocycles. The highest BCUT2D eigenvalue weighted by Crippen LogP contribution is 2.44. The number of nitrogens with two attached hydrogens (primary N) is 1. The molecule has 0 aromatic rings. The van der Waals surface area contributed by atoms with E-state index in [1.807, 2.05) is 0 Å². The van der Waals surface area contributed by atoms with E-state index in [-0.39, 0.29) is 24.2 Å². The van der Waals surface area contributed by atoms with E-state index in [0.717, 1.165) is 6.34 Å². The Morgan fingerprint density at radius 2 is 1.94 bits per heavy atom. The van der Waals surface area contributed by atoms with Crippen molar-refractivity contribution >= 4 is 34.0 Å². The Labute approximate surface area is 187 Å². The minimum atomic E-state index is -3.73. The molecular formula is C20H31N3O8S. The lowest BCUT2D eigenvalue weighted by Gasteiger charge is -2.44. The van der Waals surface area contributed by atoms with Crippen molar-refractivity contribution in [2.24, 2.45) is 22.1 Å². The zero-order chi connectivity index (χ0) is 24.4. The van der Waals surface area contributed by atoms with Gasteiger partial charge >= 0.3 is 11.9 Å². The van der Waals surface area contributed by atoms with Crippen molar-refractivity contribution in [3.63, 3.8) is 0 Å². The Hall–Kier alpha value is -2.47. The normalized spacial score (nSPS) is 23.1. The molecule has 0 radical (unpaired) electrons. The summed E-state index contributed by atoms with van der Waals surface area (Å²) in [7, 11) is -3.73. The average molecular weight is 474 g/mol. The van der Waals surface area contributed by atoms with Gasteiger partial charge in [0.1, 0.15) is 5.70 Å². The van der Waals surface area contributed by atoms with E-state index in [4.69, 9.17) is 15.2 Å². The minimum absolute atomic E-state index is 0.0446. The fourth-order valence-electron chi connectivity index (χ4n) is 3.61. The van der Waals surface area contributed by atoms with E-state index in [9.17, 15) is 27.9 Å². The van der Waals surface area contributed by atoms with Gasteiger partial charge in [-0.1, -0.05) is 0 Å². The maximum atomic E-state index is 12.8. The van der Waals surface area contributed by atoms with E-state index in [1.165, 1.54) is 18.7 Å². The van der Waals surface area contributed by atoms with E-state index in [1.54, 1.807) is 20.8 Å². The summed E-state index contributed by atoms with van der Waals surface area (Å²) in [6, 6.07) is -0.537. The number of fused-ring (bicyclic) bond motifs is 1. The van der Waals surface area contributed by atoms with Gasteiger partial charge in [0.15, 0.2) is 9.84 Å². The molecule has 4 atom stereocenters. The monoisotopic (exact) mass is 473 g/mol. The first-order valence-electron chi connectivity index (χ1n) is 10.2. The molecule has 0 aromatic carbocycles. The summed E-state index contributed by atoms with van der Waals surface area (Å²) in [5.41, 5.74) is 4.41. The van der Waals surface area contributed by atoms with E-state index in [2.05, 4.69) is 4.99 Å². The Morgan fingerprint density at radius 1 is 1.31 bits per heavy atom. The fourth-order valence-corrected chi connectivity index (χ4v) is 4.95. The first kappa shape index (κ1) is 25.8. The second-order valence-corrected chi connectivity index (χ2v) is 11.5. The molecule has 1 amide bonds. The highest BCUT2D eigenvalue weighted by atomic mass is 32.2. The van der Waals surface area contributed by atoms with Gasteiger partial charge in [0.25, 0.3) is 0 Å². The van der Waals surface area contributed by atoms with Crippen molar-refractivity contribution in [3.8, 4) is 0 Å². The summed E-state index contributed by atoms with van der Waals surface area (Å²) < 4.78 is 35.5. The standard InChI is InChI=1S/C20H31N3O8S/c1-11(7-22-9-21)32(28,29)8-13-6-14-15(12(2)24)17(25)23(14)16(13)18(26)30-10-31-19(27)20(3,4)5/h9,11-12,14-15,24H,6-8,10H2,1-5H3,(H2,21,22). The summed E-state index contributed by atoms with van der Waals surface area (Å²) in [6.45, 7) is 7.12. The zero-order valence-corrected chi connectivity index (χ0v) is 19.7. The topological polar surface area (TPSA) is 166 Å². The van der Waals surface area contributed by atoms with Gasteiger partial charge in [-0.05, 0) is 46.6 Å². The number of amides is 1. The van der Waals surface area contributed by atoms with Crippen molar-refractivity contribution in [1.82, 2.24) is 4.90 Å². The number of esters is 2. The van der Waals surface area contributed by atoms with Crippen LogP contribution < -0.4 is 5.73 Å². The third-order valence-corrected chi connectivity index (χ3v) is 7.59. The number of ether oxygens (including phenoxy) is 2. The first-order valence-corrected chi connectivity index (χ1v) is 11.9. The Morgan fingerprint density at radius 3 is 2.47 bits per heavy atom. The number of carbonyl (C=O) groups is 3. The molecule has 3 N–H and O–H groups in total. The van der Waals surface area contributed by atoms with Gasteiger partial charge in [-0.25, -0.2) is 13.2 Å². The van der Waals surface area contributed by atoms with Gasteiger partial charge in [-0.3, -0.25) is 14.6 Å². The predicted molar refractivity (Wildman–Crippen MR) is 115 cm³/mol. The lowest BCUT2D eigenvalue weighted by Crippen LogP contribution is -2.61. The van der Waals surface area contributed by atoms with Gasteiger partial charge in [0.2, 0.25) is 12.7 Å². The molecule has 0 bridgehead atoms.